The first kappa shape index (κ1) is 20.3. The van der Waals surface area contributed by atoms with Crippen LogP contribution in [0.25, 0.3) is 22.2 Å². The summed E-state index contributed by atoms with van der Waals surface area (Å²) in [4.78, 5) is 18.5. The van der Waals surface area contributed by atoms with Crippen molar-refractivity contribution in [2.24, 2.45) is 0 Å². The lowest BCUT2D eigenvalue weighted by atomic mass is 9.95. The summed E-state index contributed by atoms with van der Waals surface area (Å²) in [6, 6.07) is 20.0. The standard InChI is InChI=1S/C26H23BrN2O/c1-15-10-11-21(13-16(15)2)28-26(30)23-18(4)25(19-8-6-5-7-9-19)29-24-17(3)12-20(27)14-22(23)24/h5-14H,1-4H3,(H,28,30). The molecule has 0 atom stereocenters. The van der Waals surface area contributed by atoms with E-state index in [9.17, 15) is 4.79 Å². The molecule has 150 valence electrons. The Bertz CT molecular complexity index is 1280. The molecule has 0 radical (unpaired) electrons. The third kappa shape index (κ3) is 3.75. The van der Waals surface area contributed by atoms with Gasteiger partial charge in [-0.2, -0.15) is 0 Å². The maximum Gasteiger partial charge on any atom is 0.256 e. The van der Waals surface area contributed by atoms with Gasteiger partial charge in [0.05, 0.1) is 16.8 Å². The van der Waals surface area contributed by atoms with Gasteiger partial charge < -0.3 is 5.32 Å². The lowest BCUT2D eigenvalue weighted by Gasteiger charge is -2.17. The van der Waals surface area contributed by atoms with Gasteiger partial charge in [0.15, 0.2) is 0 Å². The van der Waals surface area contributed by atoms with Gasteiger partial charge in [0.1, 0.15) is 0 Å². The zero-order chi connectivity index (χ0) is 21.4. The molecule has 1 N–H and O–H groups in total. The molecule has 0 fully saturated rings. The number of anilines is 1. The van der Waals surface area contributed by atoms with Gasteiger partial charge in [0, 0.05) is 21.1 Å². The molecular formula is C26H23BrN2O. The minimum absolute atomic E-state index is 0.127. The number of amides is 1. The van der Waals surface area contributed by atoms with E-state index in [0.717, 1.165) is 49.0 Å². The quantitative estimate of drug-likeness (QED) is 0.354. The maximum absolute atomic E-state index is 13.5. The number of aryl methyl sites for hydroxylation is 3. The Kier molecular flexibility index (Phi) is 5.44. The van der Waals surface area contributed by atoms with Gasteiger partial charge in [0.2, 0.25) is 0 Å². The third-order valence-corrected chi connectivity index (χ3v) is 5.99. The predicted octanol–water partition coefficient (Wildman–Crippen LogP) is 7.15. The number of hydrogen-bond donors (Lipinski definition) is 1. The number of aromatic nitrogens is 1. The SMILES string of the molecule is Cc1ccc(NC(=O)c2c(C)c(-c3ccccc3)nc3c(C)cc(Br)cc23)cc1C. The average molecular weight is 459 g/mol. The molecule has 0 aliphatic carbocycles. The Morgan fingerprint density at radius 1 is 0.867 bits per heavy atom. The fraction of sp³-hybridized carbons (Fsp3) is 0.154. The van der Waals surface area contributed by atoms with E-state index in [0.29, 0.717) is 5.56 Å². The van der Waals surface area contributed by atoms with Crippen LogP contribution in [0.2, 0.25) is 0 Å². The van der Waals surface area contributed by atoms with Crippen LogP contribution in [0.5, 0.6) is 0 Å². The lowest BCUT2D eigenvalue weighted by molar-refractivity contribution is 0.102. The highest BCUT2D eigenvalue weighted by molar-refractivity contribution is 9.10. The number of nitrogens with one attached hydrogen (secondary N) is 1. The van der Waals surface area contributed by atoms with Crippen molar-refractivity contribution in [3.05, 3.63) is 93.0 Å². The van der Waals surface area contributed by atoms with Gasteiger partial charge in [-0.3, -0.25) is 4.79 Å². The van der Waals surface area contributed by atoms with Gasteiger partial charge in [-0.1, -0.05) is 52.3 Å². The summed E-state index contributed by atoms with van der Waals surface area (Å²) >= 11 is 3.58. The number of fused-ring (bicyclic) bond motifs is 1. The van der Waals surface area contributed by atoms with E-state index in [1.54, 1.807) is 0 Å². The number of hydrogen-bond acceptors (Lipinski definition) is 2. The van der Waals surface area contributed by atoms with Crippen LogP contribution in [-0.2, 0) is 0 Å². The molecule has 0 unspecified atom stereocenters. The van der Waals surface area contributed by atoms with Crippen molar-refractivity contribution >= 4 is 38.4 Å². The molecule has 3 nitrogen and oxygen atoms in total. The monoisotopic (exact) mass is 458 g/mol. The number of pyridine rings is 1. The smallest absolute Gasteiger partial charge is 0.256 e. The van der Waals surface area contributed by atoms with Crippen molar-refractivity contribution in [1.82, 2.24) is 4.98 Å². The Labute approximate surface area is 185 Å². The first-order chi connectivity index (χ1) is 14.3. The zero-order valence-electron chi connectivity index (χ0n) is 17.5. The van der Waals surface area contributed by atoms with Crippen molar-refractivity contribution in [2.45, 2.75) is 27.7 Å². The van der Waals surface area contributed by atoms with E-state index >= 15 is 0 Å². The largest absolute Gasteiger partial charge is 0.322 e. The van der Waals surface area contributed by atoms with Crippen LogP contribution < -0.4 is 5.32 Å². The number of rotatable bonds is 3. The molecule has 4 heteroatoms. The maximum atomic E-state index is 13.5. The molecular weight excluding hydrogens is 436 g/mol. The van der Waals surface area contributed by atoms with Crippen molar-refractivity contribution in [3.8, 4) is 11.3 Å². The molecule has 0 spiro atoms. The van der Waals surface area contributed by atoms with E-state index in [2.05, 4.69) is 28.2 Å². The Morgan fingerprint density at radius 3 is 2.30 bits per heavy atom. The Hall–Kier alpha value is -2.98. The fourth-order valence-corrected chi connectivity index (χ4v) is 4.35. The Morgan fingerprint density at radius 2 is 1.60 bits per heavy atom. The normalized spacial score (nSPS) is 11.0. The molecule has 1 aromatic heterocycles. The highest BCUT2D eigenvalue weighted by Gasteiger charge is 2.20. The molecule has 3 aromatic carbocycles. The number of benzene rings is 3. The fourth-order valence-electron chi connectivity index (χ4n) is 3.77. The molecule has 4 rings (SSSR count). The van der Waals surface area contributed by atoms with Crippen LogP contribution in [0.15, 0.2) is 65.1 Å². The second-order valence-electron chi connectivity index (χ2n) is 7.70. The summed E-state index contributed by atoms with van der Waals surface area (Å²) in [6.45, 7) is 8.11. The van der Waals surface area contributed by atoms with E-state index in [-0.39, 0.29) is 5.91 Å². The van der Waals surface area contributed by atoms with Crippen LogP contribution in [0, 0.1) is 27.7 Å². The van der Waals surface area contributed by atoms with Crippen molar-refractivity contribution in [3.63, 3.8) is 0 Å². The first-order valence-corrected chi connectivity index (χ1v) is 10.7. The van der Waals surface area contributed by atoms with E-state index in [4.69, 9.17) is 4.98 Å². The zero-order valence-corrected chi connectivity index (χ0v) is 19.1. The topological polar surface area (TPSA) is 42.0 Å². The van der Waals surface area contributed by atoms with Crippen molar-refractivity contribution in [1.29, 1.82) is 0 Å². The second-order valence-corrected chi connectivity index (χ2v) is 8.61. The summed E-state index contributed by atoms with van der Waals surface area (Å²) < 4.78 is 0.932. The minimum atomic E-state index is -0.127. The molecule has 0 aliphatic rings. The summed E-state index contributed by atoms with van der Waals surface area (Å²) in [7, 11) is 0. The first-order valence-electron chi connectivity index (χ1n) is 9.89. The van der Waals surface area contributed by atoms with Gasteiger partial charge in [-0.25, -0.2) is 4.98 Å². The van der Waals surface area contributed by atoms with Gasteiger partial charge >= 0.3 is 0 Å². The van der Waals surface area contributed by atoms with Crippen LogP contribution >= 0.6 is 15.9 Å². The van der Waals surface area contributed by atoms with Crippen molar-refractivity contribution in [2.75, 3.05) is 5.32 Å². The molecule has 0 aliphatic heterocycles. The van der Waals surface area contributed by atoms with Gasteiger partial charge in [-0.05, 0) is 74.2 Å². The second kappa shape index (κ2) is 8.04. The molecule has 0 bridgehead atoms. The molecule has 1 heterocycles. The van der Waals surface area contributed by atoms with Crippen LogP contribution in [0.4, 0.5) is 5.69 Å². The van der Waals surface area contributed by atoms with Crippen LogP contribution in [-0.4, -0.2) is 10.9 Å². The molecule has 0 saturated carbocycles. The molecule has 1 amide bonds. The summed E-state index contributed by atoms with van der Waals surface area (Å²) in [5, 5.41) is 3.94. The summed E-state index contributed by atoms with van der Waals surface area (Å²) in [6.07, 6.45) is 0. The number of carbonyl (C=O) groups is 1. The number of nitrogens with zero attached hydrogens (tertiary/aromatic N) is 1. The summed E-state index contributed by atoms with van der Waals surface area (Å²) in [5.41, 5.74) is 8.36. The number of carbonyl (C=O) groups excluding carboxylic acids is 1. The molecule has 30 heavy (non-hydrogen) atoms. The van der Waals surface area contributed by atoms with E-state index < -0.39 is 0 Å². The van der Waals surface area contributed by atoms with Gasteiger partial charge in [0.25, 0.3) is 5.91 Å². The van der Waals surface area contributed by atoms with Crippen LogP contribution in [0.1, 0.15) is 32.6 Å². The highest BCUT2D eigenvalue weighted by atomic mass is 79.9. The predicted molar refractivity (Wildman–Crippen MR) is 128 cm³/mol. The van der Waals surface area contributed by atoms with Crippen molar-refractivity contribution < 1.29 is 4.79 Å². The highest BCUT2D eigenvalue weighted by Crippen LogP contribution is 2.33. The minimum Gasteiger partial charge on any atom is -0.322 e. The average Bonchev–Trinajstić information content (AvgIpc) is 2.71. The molecule has 4 aromatic rings. The van der Waals surface area contributed by atoms with Gasteiger partial charge in [-0.15, -0.1) is 0 Å². The third-order valence-electron chi connectivity index (χ3n) is 5.53. The molecule has 0 saturated heterocycles. The van der Waals surface area contributed by atoms with E-state index in [1.807, 2.05) is 81.4 Å². The van der Waals surface area contributed by atoms with Crippen LogP contribution in [0.3, 0.4) is 0 Å². The number of halogens is 1. The summed E-state index contributed by atoms with van der Waals surface area (Å²) in [5.74, 6) is -0.127. The van der Waals surface area contributed by atoms with E-state index in [1.165, 1.54) is 5.56 Å². The lowest BCUT2D eigenvalue weighted by Crippen LogP contribution is -2.15. The Balaban J connectivity index is 1.93.